The maximum atomic E-state index is 9.49. The van der Waals surface area contributed by atoms with Crippen molar-refractivity contribution in [1.82, 2.24) is 5.32 Å². The van der Waals surface area contributed by atoms with Crippen LogP contribution in [0.4, 0.5) is 0 Å². The Hall–Kier alpha value is -0.280. The SMILES string of the molecule is CC(NC1CCC(O)CC1)c1cc(Cl)cc(Cl)c1. The molecule has 1 aliphatic carbocycles. The van der Waals surface area contributed by atoms with Crippen LogP contribution < -0.4 is 5.32 Å². The molecule has 1 fully saturated rings. The fraction of sp³-hybridized carbons (Fsp3) is 0.571. The molecule has 0 spiro atoms. The van der Waals surface area contributed by atoms with Crippen LogP contribution >= 0.6 is 23.2 Å². The number of rotatable bonds is 3. The fourth-order valence-electron chi connectivity index (χ4n) is 2.52. The molecule has 0 bridgehead atoms. The fourth-order valence-corrected chi connectivity index (χ4v) is 3.06. The highest BCUT2D eigenvalue weighted by Gasteiger charge is 2.21. The topological polar surface area (TPSA) is 32.3 Å². The van der Waals surface area contributed by atoms with Crippen molar-refractivity contribution >= 4 is 23.2 Å². The number of hydrogen-bond donors (Lipinski definition) is 2. The number of benzene rings is 1. The zero-order valence-electron chi connectivity index (χ0n) is 10.5. The Morgan fingerprint density at radius 1 is 1.11 bits per heavy atom. The number of nitrogens with one attached hydrogen (secondary N) is 1. The molecule has 2 N–H and O–H groups in total. The Bertz CT molecular complexity index is 383. The molecule has 0 aliphatic heterocycles. The van der Waals surface area contributed by atoms with E-state index in [2.05, 4.69) is 12.2 Å². The van der Waals surface area contributed by atoms with Gasteiger partial charge in [-0.15, -0.1) is 0 Å². The second kappa shape index (κ2) is 6.25. The summed E-state index contributed by atoms with van der Waals surface area (Å²) < 4.78 is 0. The maximum absolute atomic E-state index is 9.49. The summed E-state index contributed by atoms with van der Waals surface area (Å²) in [5.41, 5.74) is 1.11. The first kappa shape index (κ1) is 14.1. The van der Waals surface area contributed by atoms with Crippen LogP contribution in [-0.4, -0.2) is 17.3 Å². The van der Waals surface area contributed by atoms with Crippen LogP contribution in [0.3, 0.4) is 0 Å². The summed E-state index contributed by atoms with van der Waals surface area (Å²) in [4.78, 5) is 0. The van der Waals surface area contributed by atoms with Crippen LogP contribution in [-0.2, 0) is 0 Å². The molecule has 1 aromatic carbocycles. The summed E-state index contributed by atoms with van der Waals surface area (Å²) in [7, 11) is 0. The monoisotopic (exact) mass is 287 g/mol. The lowest BCUT2D eigenvalue weighted by Gasteiger charge is -2.29. The van der Waals surface area contributed by atoms with Gasteiger partial charge in [-0.25, -0.2) is 0 Å². The number of aliphatic hydroxyl groups is 1. The van der Waals surface area contributed by atoms with Crippen LogP contribution in [0.2, 0.25) is 10.0 Å². The molecule has 4 heteroatoms. The van der Waals surface area contributed by atoms with Crippen molar-refractivity contribution < 1.29 is 5.11 Å². The molecule has 1 aliphatic rings. The van der Waals surface area contributed by atoms with E-state index in [1.807, 2.05) is 12.1 Å². The lowest BCUT2D eigenvalue weighted by Crippen LogP contribution is -2.36. The van der Waals surface area contributed by atoms with E-state index < -0.39 is 0 Å². The molecule has 0 radical (unpaired) electrons. The van der Waals surface area contributed by atoms with E-state index in [9.17, 15) is 5.11 Å². The van der Waals surface area contributed by atoms with Gasteiger partial charge in [0.1, 0.15) is 0 Å². The number of hydrogen-bond acceptors (Lipinski definition) is 2. The standard InChI is InChI=1S/C14H19Cl2NO/c1-9(10-6-11(15)8-12(16)7-10)17-13-2-4-14(18)5-3-13/h6-9,13-14,17-18H,2-5H2,1H3. The Morgan fingerprint density at radius 3 is 2.22 bits per heavy atom. The van der Waals surface area contributed by atoms with Crippen molar-refractivity contribution in [2.45, 2.75) is 50.8 Å². The molecule has 0 amide bonds. The molecule has 2 nitrogen and oxygen atoms in total. The van der Waals surface area contributed by atoms with Crippen LogP contribution in [0.5, 0.6) is 0 Å². The molecule has 2 rings (SSSR count). The molecule has 100 valence electrons. The summed E-state index contributed by atoms with van der Waals surface area (Å²) >= 11 is 12.0. The maximum Gasteiger partial charge on any atom is 0.0541 e. The lowest BCUT2D eigenvalue weighted by molar-refractivity contribution is 0.114. The second-order valence-corrected chi connectivity index (χ2v) is 5.97. The predicted molar refractivity (Wildman–Crippen MR) is 76.3 cm³/mol. The van der Waals surface area contributed by atoms with Gasteiger partial charge in [0.05, 0.1) is 6.10 Å². The van der Waals surface area contributed by atoms with Gasteiger partial charge in [-0.1, -0.05) is 23.2 Å². The van der Waals surface area contributed by atoms with Gasteiger partial charge in [-0.05, 0) is 56.4 Å². The molecule has 18 heavy (non-hydrogen) atoms. The zero-order chi connectivity index (χ0) is 13.1. The van der Waals surface area contributed by atoms with Gasteiger partial charge in [-0.3, -0.25) is 0 Å². The first-order valence-corrected chi connectivity index (χ1v) is 7.20. The van der Waals surface area contributed by atoms with Gasteiger partial charge in [0, 0.05) is 22.1 Å². The molecule has 1 aromatic rings. The molecule has 1 unspecified atom stereocenters. The van der Waals surface area contributed by atoms with Crippen LogP contribution in [0.25, 0.3) is 0 Å². The molecule has 0 heterocycles. The predicted octanol–water partition coefficient (Wildman–Crippen LogP) is 3.95. The third-order valence-electron chi connectivity index (χ3n) is 3.57. The molecular weight excluding hydrogens is 269 g/mol. The highest BCUT2D eigenvalue weighted by atomic mass is 35.5. The quantitative estimate of drug-likeness (QED) is 0.882. The second-order valence-electron chi connectivity index (χ2n) is 5.10. The Morgan fingerprint density at radius 2 is 1.67 bits per heavy atom. The molecule has 0 aromatic heterocycles. The molecule has 1 saturated carbocycles. The average Bonchev–Trinajstić information content (AvgIpc) is 2.31. The summed E-state index contributed by atoms with van der Waals surface area (Å²) in [5.74, 6) is 0. The number of halogens is 2. The van der Waals surface area contributed by atoms with Gasteiger partial charge >= 0.3 is 0 Å². The van der Waals surface area contributed by atoms with Crippen molar-refractivity contribution in [1.29, 1.82) is 0 Å². The third-order valence-corrected chi connectivity index (χ3v) is 4.00. The minimum atomic E-state index is -0.112. The van der Waals surface area contributed by atoms with E-state index in [1.165, 1.54) is 0 Å². The van der Waals surface area contributed by atoms with Crippen molar-refractivity contribution in [2.24, 2.45) is 0 Å². The largest absolute Gasteiger partial charge is 0.393 e. The first-order valence-electron chi connectivity index (χ1n) is 6.44. The zero-order valence-corrected chi connectivity index (χ0v) is 12.0. The Balaban J connectivity index is 1.96. The van der Waals surface area contributed by atoms with E-state index in [0.29, 0.717) is 16.1 Å². The Labute approximate surface area is 118 Å². The summed E-state index contributed by atoms with van der Waals surface area (Å²) in [6, 6.07) is 6.34. The van der Waals surface area contributed by atoms with E-state index in [1.54, 1.807) is 6.07 Å². The van der Waals surface area contributed by atoms with Crippen molar-refractivity contribution in [2.75, 3.05) is 0 Å². The highest BCUT2D eigenvalue weighted by molar-refractivity contribution is 6.34. The first-order chi connectivity index (χ1) is 8.54. The minimum absolute atomic E-state index is 0.112. The van der Waals surface area contributed by atoms with Gasteiger partial charge in [0.15, 0.2) is 0 Å². The van der Waals surface area contributed by atoms with Gasteiger partial charge < -0.3 is 10.4 Å². The van der Waals surface area contributed by atoms with Crippen LogP contribution in [0.15, 0.2) is 18.2 Å². The Kier molecular flexibility index (Phi) is 4.91. The van der Waals surface area contributed by atoms with E-state index in [0.717, 1.165) is 31.2 Å². The summed E-state index contributed by atoms with van der Waals surface area (Å²) in [5, 5.41) is 14.4. The van der Waals surface area contributed by atoms with E-state index in [4.69, 9.17) is 23.2 Å². The van der Waals surface area contributed by atoms with Gasteiger partial charge in [0.25, 0.3) is 0 Å². The van der Waals surface area contributed by atoms with Crippen molar-refractivity contribution in [3.8, 4) is 0 Å². The van der Waals surface area contributed by atoms with Crippen LogP contribution in [0.1, 0.15) is 44.2 Å². The van der Waals surface area contributed by atoms with Gasteiger partial charge in [0.2, 0.25) is 0 Å². The van der Waals surface area contributed by atoms with Crippen LogP contribution in [0, 0.1) is 0 Å². The van der Waals surface area contributed by atoms with Gasteiger partial charge in [-0.2, -0.15) is 0 Å². The molecule has 1 atom stereocenters. The minimum Gasteiger partial charge on any atom is -0.393 e. The third kappa shape index (κ3) is 3.86. The lowest BCUT2D eigenvalue weighted by atomic mass is 9.92. The highest BCUT2D eigenvalue weighted by Crippen LogP contribution is 2.26. The molecule has 0 saturated heterocycles. The van der Waals surface area contributed by atoms with Crippen molar-refractivity contribution in [3.63, 3.8) is 0 Å². The average molecular weight is 288 g/mol. The van der Waals surface area contributed by atoms with E-state index in [-0.39, 0.29) is 12.1 Å². The summed E-state index contributed by atoms with van der Waals surface area (Å²) in [6.07, 6.45) is 3.72. The summed E-state index contributed by atoms with van der Waals surface area (Å²) in [6.45, 7) is 2.12. The van der Waals surface area contributed by atoms with Crippen molar-refractivity contribution in [3.05, 3.63) is 33.8 Å². The smallest absolute Gasteiger partial charge is 0.0541 e. The normalized spacial score (nSPS) is 26.0. The number of aliphatic hydroxyl groups excluding tert-OH is 1. The van der Waals surface area contributed by atoms with E-state index >= 15 is 0 Å². The molecular formula is C14H19Cl2NO.